The molecule has 0 aliphatic heterocycles. The number of fused-ring (bicyclic) bond motifs is 1. The quantitative estimate of drug-likeness (QED) is 0.294. The lowest BCUT2D eigenvalue weighted by molar-refractivity contribution is 0.223. The van der Waals surface area contributed by atoms with Gasteiger partial charge in [0.05, 0.1) is 5.52 Å². The molecule has 2 aromatic heterocycles. The molecule has 6 nitrogen and oxygen atoms in total. The smallest absolute Gasteiger partial charge is 0.258 e. The Bertz CT molecular complexity index is 1440. The lowest BCUT2D eigenvalue weighted by atomic mass is 9.90. The predicted octanol–water partition coefficient (Wildman–Crippen LogP) is 6.30. The molecule has 2 heterocycles. The molecule has 0 aliphatic rings. The molecule has 37 heavy (non-hydrogen) atoms. The first kappa shape index (κ1) is 26.4. The molecule has 0 spiro atoms. The van der Waals surface area contributed by atoms with Crippen LogP contribution in [0.25, 0.3) is 22.0 Å². The van der Waals surface area contributed by atoms with Crippen molar-refractivity contribution >= 4 is 22.4 Å². The van der Waals surface area contributed by atoms with Gasteiger partial charge in [0.15, 0.2) is 0 Å². The van der Waals surface area contributed by atoms with E-state index < -0.39 is 0 Å². The topological polar surface area (TPSA) is 59.4 Å². The van der Waals surface area contributed by atoms with Crippen LogP contribution in [0.2, 0.25) is 0 Å². The van der Waals surface area contributed by atoms with Crippen LogP contribution in [0.5, 0.6) is 5.75 Å². The van der Waals surface area contributed by atoms with Crippen molar-refractivity contribution in [2.24, 2.45) is 7.05 Å². The SMILES string of the molecule is CCN(CC)CCOc1ccc(Nc2cc3c(cn2)cc(-c2c(C)c(C)cc(C)c2C)c(=O)n3C)cc1. The number of nitrogens with zero attached hydrogens (tertiary/aromatic N) is 3. The number of rotatable bonds is 9. The zero-order chi connectivity index (χ0) is 26.7. The van der Waals surface area contributed by atoms with Crippen molar-refractivity contribution < 1.29 is 4.74 Å². The van der Waals surface area contributed by atoms with Crippen molar-refractivity contribution in [1.82, 2.24) is 14.5 Å². The molecule has 1 N–H and O–H groups in total. The highest BCUT2D eigenvalue weighted by atomic mass is 16.5. The number of anilines is 2. The second kappa shape index (κ2) is 11.2. The zero-order valence-corrected chi connectivity index (χ0v) is 23.1. The number of nitrogens with one attached hydrogen (secondary N) is 1. The van der Waals surface area contributed by atoms with Gasteiger partial charge in [-0.05, 0) is 98.9 Å². The number of benzene rings is 2. The Kier molecular flexibility index (Phi) is 7.98. The van der Waals surface area contributed by atoms with E-state index in [2.05, 4.69) is 62.8 Å². The maximum Gasteiger partial charge on any atom is 0.258 e. The first-order chi connectivity index (χ1) is 17.7. The molecule has 2 aromatic carbocycles. The number of likely N-dealkylation sites (N-methyl/N-ethyl adjacent to an activating group) is 1. The maximum atomic E-state index is 13.5. The van der Waals surface area contributed by atoms with E-state index >= 15 is 0 Å². The first-order valence-corrected chi connectivity index (χ1v) is 13.0. The summed E-state index contributed by atoms with van der Waals surface area (Å²) in [6.45, 7) is 16.3. The third-order valence-corrected chi connectivity index (χ3v) is 7.44. The van der Waals surface area contributed by atoms with Crippen molar-refractivity contribution in [1.29, 1.82) is 0 Å². The van der Waals surface area contributed by atoms with Crippen LogP contribution in [0.3, 0.4) is 0 Å². The van der Waals surface area contributed by atoms with Gasteiger partial charge in [0.25, 0.3) is 5.56 Å². The van der Waals surface area contributed by atoms with E-state index in [1.165, 1.54) is 11.1 Å². The number of hydrogen-bond acceptors (Lipinski definition) is 5. The Morgan fingerprint density at radius 1 is 0.946 bits per heavy atom. The van der Waals surface area contributed by atoms with Gasteiger partial charge in [0.2, 0.25) is 0 Å². The maximum absolute atomic E-state index is 13.5. The number of pyridine rings is 2. The molecule has 0 aliphatic carbocycles. The third kappa shape index (κ3) is 5.54. The fraction of sp³-hybridized carbons (Fsp3) is 0.355. The fourth-order valence-corrected chi connectivity index (χ4v) is 4.85. The average Bonchev–Trinajstić information content (AvgIpc) is 2.89. The number of aromatic nitrogens is 2. The lowest BCUT2D eigenvalue weighted by Crippen LogP contribution is -2.27. The van der Waals surface area contributed by atoms with E-state index in [-0.39, 0.29) is 5.56 Å². The van der Waals surface area contributed by atoms with E-state index in [1.54, 1.807) is 4.57 Å². The summed E-state index contributed by atoms with van der Waals surface area (Å²) < 4.78 is 7.61. The molecule has 4 aromatic rings. The second-order valence-electron chi connectivity index (χ2n) is 9.71. The highest BCUT2D eigenvalue weighted by molar-refractivity contribution is 5.87. The van der Waals surface area contributed by atoms with Crippen molar-refractivity contribution in [3.63, 3.8) is 0 Å². The monoisotopic (exact) mass is 498 g/mol. The minimum Gasteiger partial charge on any atom is -0.492 e. The summed E-state index contributed by atoms with van der Waals surface area (Å²) in [5, 5.41) is 4.28. The summed E-state index contributed by atoms with van der Waals surface area (Å²) in [6, 6.07) is 14.0. The molecule has 0 atom stereocenters. The van der Waals surface area contributed by atoms with E-state index in [1.807, 2.05) is 49.6 Å². The summed E-state index contributed by atoms with van der Waals surface area (Å²) >= 11 is 0. The third-order valence-electron chi connectivity index (χ3n) is 7.44. The van der Waals surface area contributed by atoms with Crippen LogP contribution in [0.1, 0.15) is 36.1 Å². The Morgan fingerprint density at radius 3 is 2.22 bits per heavy atom. The number of aryl methyl sites for hydroxylation is 3. The van der Waals surface area contributed by atoms with Gasteiger partial charge in [-0.25, -0.2) is 4.98 Å². The van der Waals surface area contributed by atoms with Gasteiger partial charge in [0.1, 0.15) is 18.2 Å². The molecule has 0 bridgehead atoms. The Labute approximate surface area is 219 Å². The van der Waals surface area contributed by atoms with Gasteiger partial charge >= 0.3 is 0 Å². The van der Waals surface area contributed by atoms with Gasteiger partial charge in [-0.2, -0.15) is 0 Å². The predicted molar refractivity (Wildman–Crippen MR) is 154 cm³/mol. The fourth-order valence-electron chi connectivity index (χ4n) is 4.85. The molecule has 4 rings (SSSR count). The van der Waals surface area contributed by atoms with Crippen molar-refractivity contribution in [2.45, 2.75) is 41.5 Å². The molecule has 0 amide bonds. The van der Waals surface area contributed by atoms with Crippen LogP contribution in [0, 0.1) is 27.7 Å². The summed E-state index contributed by atoms with van der Waals surface area (Å²) in [7, 11) is 1.83. The highest BCUT2D eigenvalue weighted by Gasteiger charge is 2.16. The van der Waals surface area contributed by atoms with Crippen molar-refractivity contribution in [2.75, 3.05) is 31.6 Å². The highest BCUT2D eigenvalue weighted by Crippen LogP contribution is 2.31. The summed E-state index contributed by atoms with van der Waals surface area (Å²) in [5.74, 6) is 1.53. The molecule has 0 saturated heterocycles. The van der Waals surface area contributed by atoms with Crippen LogP contribution in [0.4, 0.5) is 11.5 Å². The second-order valence-corrected chi connectivity index (χ2v) is 9.71. The van der Waals surface area contributed by atoms with Crippen molar-refractivity contribution in [3.05, 3.63) is 81.3 Å². The Balaban J connectivity index is 1.57. The lowest BCUT2D eigenvalue weighted by Gasteiger charge is -2.18. The molecule has 0 saturated carbocycles. The van der Waals surface area contributed by atoms with Gasteiger partial charge < -0.3 is 19.5 Å². The van der Waals surface area contributed by atoms with Gasteiger partial charge in [-0.1, -0.05) is 19.9 Å². The minimum absolute atomic E-state index is 0.00735. The summed E-state index contributed by atoms with van der Waals surface area (Å²) in [6.07, 6.45) is 1.83. The van der Waals surface area contributed by atoms with Crippen LogP contribution < -0.4 is 15.6 Å². The van der Waals surface area contributed by atoms with Crippen LogP contribution in [-0.4, -0.2) is 40.7 Å². The molecule has 0 unspecified atom stereocenters. The van der Waals surface area contributed by atoms with E-state index in [0.717, 1.165) is 64.2 Å². The molecule has 194 valence electrons. The van der Waals surface area contributed by atoms with Crippen molar-refractivity contribution in [3.8, 4) is 16.9 Å². The van der Waals surface area contributed by atoms with Gasteiger partial charge in [-0.3, -0.25) is 4.79 Å². The molecule has 0 fully saturated rings. The molecule has 0 radical (unpaired) electrons. The molecule has 6 heteroatoms. The van der Waals surface area contributed by atoms with Crippen LogP contribution in [0.15, 0.2) is 53.5 Å². The van der Waals surface area contributed by atoms with E-state index in [0.29, 0.717) is 12.4 Å². The van der Waals surface area contributed by atoms with E-state index in [9.17, 15) is 4.79 Å². The molecular weight excluding hydrogens is 460 g/mol. The summed E-state index contributed by atoms with van der Waals surface area (Å²) in [4.78, 5) is 20.5. The zero-order valence-electron chi connectivity index (χ0n) is 23.1. The average molecular weight is 499 g/mol. The van der Waals surface area contributed by atoms with Gasteiger partial charge in [0, 0.05) is 42.5 Å². The van der Waals surface area contributed by atoms with Crippen LogP contribution >= 0.6 is 0 Å². The standard InChI is InChI=1S/C31H38N4O2/c1-8-35(9-2)14-15-37-26-12-10-25(11-13-26)33-29-18-28-24(19-32-29)17-27(31(36)34(28)7)30-22(5)20(3)16-21(4)23(30)6/h10-13,16-19H,8-9,14-15H2,1-7H3,(H,32,33). The largest absolute Gasteiger partial charge is 0.492 e. The first-order valence-electron chi connectivity index (χ1n) is 13.0. The van der Waals surface area contributed by atoms with Crippen LogP contribution in [-0.2, 0) is 7.05 Å². The molecular formula is C31H38N4O2. The normalized spacial score (nSPS) is 11.4. The Morgan fingerprint density at radius 2 is 1.59 bits per heavy atom. The number of ether oxygens (including phenoxy) is 1. The minimum atomic E-state index is -0.00735. The Hall–Kier alpha value is -3.64. The van der Waals surface area contributed by atoms with Gasteiger partial charge in [-0.15, -0.1) is 0 Å². The summed E-state index contributed by atoms with van der Waals surface area (Å²) in [5.41, 5.74) is 8.16. The van der Waals surface area contributed by atoms with E-state index in [4.69, 9.17) is 4.74 Å². The number of hydrogen-bond donors (Lipinski definition) is 1.